The molecule has 1 aromatic heterocycles. The van der Waals surface area contributed by atoms with Crippen LogP contribution >= 0.6 is 0 Å². The predicted molar refractivity (Wildman–Crippen MR) is 312 cm³/mol. The number of nitrogens with zero attached hydrogens (tertiary/aromatic N) is 2. The number of fused-ring (bicyclic) bond motifs is 9. The topological polar surface area (TPSA) is 8.17 Å². The fourth-order valence-electron chi connectivity index (χ4n) is 12.5. The highest BCUT2D eigenvalue weighted by atomic mass is 15.1. The number of benzene rings is 11. The van der Waals surface area contributed by atoms with Crippen LogP contribution in [-0.2, 0) is 10.8 Å². The lowest BCUT2D eigenvalue weighted by Crippen LogP contribution is -2.14. The van der Waals surface area contributed by atoms with Crippen molar-refractivity contribution in [2.45, 2.75) is 38.5 Å². The molecule has 0 spiro atoms. The summed E-state index contributed by atoms with van der Waals surface area (Å²) < 4.78 is 2.40. The molecule has 2 nitrogen and oxygen atoms in total. The summed E-state index contributed by atoms with van der Waals surface area (Å²) >= 11 is 0. The highest BCUT2D eigenvalue weighted by Crippen LogP contribution is 2.51. The Morgan fingerprint density at radius 3 is 1.03 bits per heavy atom. The zero-order valence-electron chi connectivity index (χ0n) is 42.1. The van der Waals surface area contributed by atoms with E-state index in [1.807, 2.05) is 0 Å². The highest BCUT2D eigenvalue weighted by molar-refractivity contribution is 6.11. The van der Waals surface area contributed by atoms with Gasteiger partial charge in [0.15, 0.2) is 0 Å². The van der Waals surface area contributed by atoms with E-state index in [1.54, 1.807) is 0 Å². The van der Waals surface area contributed by atoms with Crippen molar-refractivity contribution in [3.63, 3.8) is 0 Å². The van der Waals surface area contributed by atoms with Gasteiger partial charge >= 0.3 is 0 Å². The van der Waals surface area contributed by atoms with Crippen molar-refractivity contribution in [2.75, 3.05) is 4.90 Å². The first kappa shape index (κ1) is 43.8. The van der Waals surface area contributed by atoms with Crippen LogP contribution in [0.3, 0.4) is 0 Å². The third-order valence-corrected chi connectivity index (χ3v) is 16.4. The van der Waals surface area contributed by atoms with Gasteiger partial charge in [0.1, 0.15) is 0 Å². The Labute approximate surface area is 434 Å². The summed E-state index contributed by atoms with van der Waals surface area (Å²) in [6.45, 7) is 9.42. The van der Waals surface area contributed by atoms with E-state index in [-0.39, 0.29) is 10.8 Å². The van der Waals surface area contributed by atoms with E-state index in [9.17, 15) is 0 Å². The van der Waals surface area contributed by atoms with Crippen LogP contribution < -0.4 is 4.90 Å². The zero-order valence-corrected chi connectivity index (χ0v) is 42.1. The Hall–Kier alpha value is -8.98. The van der Waals surface area contributed by atoms with Crippen LogP contribution in [0.2, 0.25) is 0 Å². The molecule has 352 valence electrons. The smallest absolute Gasteiger partial charge is 0.0541 e. The van der Waals surface area contributed by atoms with E-state index in [2.05, 4.69) is 292 Å². The van der Waals surface area contributed by atoms with Crippen molar-refractivity contribution >= 4 is 38.9 Å². The van der Waals surface area contributed by atoms with Gasteiger partial charge < -0.3 is 9.47 Å². The molecule has 1 heterocycles. The van der Waals surface area contributed by atoms with E-state index in [0.29, 0.717) is 0 Å². The largest absolute Gasteiger partial charge is 0.311 e. The molecule has 2 heteroatoms. The Kier molecular flexibility index (Phi) is 9.94. The van der Waals surface area contributed by atoms with Crippen LogP contribution in [0.25, 0.3) is 94.3 Å². The predicted octanol–water partition coefficient (Wildman–Crippen LogP) is 19.5. The van der Waals surface area contributed by atoms with Crippen molar-refractivity contribution < 1.29 is 0 Å². The standard InChI is InChI=1S/C72H54N2/c1-71(2)65-21-13-11-19-59(65)61-39-29-53(45-67(61)71)49-25-35-57(36-26-49)73(58-37-27-50(28-38-58)54-30-40-62-60-20-12-14-22-66(60)72(3,4)68(62)46-54)56-33-23-48(24-34-56)52-32-42-70-64(44-52)63-43-51(47-15-7-5-8-16-47)31-41-69(63)74(70)55-17-9-6-10-18-55/h5-46H,1-4H3. The van der Waals surface area contributed by atoms with Crippen LogP contribution in [-0.4, -0.2) is 4.57 Å². The average molecular weight is 947 g/mol. The minimum Gasteiger partial charge on any atom is -0.311 e. The van der Waals surface area contributed by atoms with E-state index in [0.717, 1.165) is 22.7 Å². The Morgan fingerprint density at radius 2 is 0.595 bits per heavy atom. The van der Waals surface area contributed by atoms with Gasteiger partial charge in [-0.2, -0.15) is 0 Å². The highest BCUT2D eigenvalue weighted by Gasteiger charge is 2.36. The summed E-state index contributed by atoms with van der Waals surface area (Å²) in [7, 11) is 0. The maximum absolute atomic E-state index is 2.41. The number of aromatic nitrogens is 1. The van der Waals surface area contributed by atoms with E-state index < -0.39 is 0 Å². The van der Waals surface area contributed by atoms with Gasteiger partial charge in [0.05, 0.1) is 11.0 Å². The van der Waals surface area contributed by atoms with Gasteiger partial charge in [0.2, 0.25) is 0 Å². The molecule has 0 aliphatic heterocycles. The molecular formula is C72H54N2. The molecule has 2 aliphatic carbocycles. The van der Waals surface area contributed by atoms with Gasteiger partial charge in [0.25, 0.3) is 0 Å². The van der Waals surface area contributed by atoms with Crippen LogP contribution in [0.5, 0.6) is 0 Å². The normalized spacial score (nSPS) is 13.6. The number of rotatable bonds is 8. The van der Waals surface area contributed by atoms with Gasteiger partial charge in [-0.15, -0.1) is 0 Å². The zero-order chi connectivity index (χ0) is 49.7. The number of hydrogen-bond donors (Lipinski definition) is 0. The summed E-state index contributed by atoms with van der Waals surface area (Å²) in [4.78, 5) is 2.39. The quantitative estimate of drug-likeness (QED) is 0.147. The number of anilines is 3. The van der Waals surface area contributed by atoms with Crippen molar-refractivity contribution in [3.05, 3.63) is 277 Å². The summed E-state index contributed by atoms with van der Waals surface area (Å²) in [5.41, 5.74) is 27.3. The third kappa shape index (κ3) is 6.93. The molecule has 11 aromatic carbocycles. The van der Waals surface area contributed by atoms with Crippen LogP contribution in [0.15, 0.2) is 255 Å². The Bertz CT molecular complexity index is 3990. The third-order valence-electron chi connectivity index (χ3n) is 16.4. The molecule has 74 heavy (non-hydrogen) atoms. The second kappa shape index (κ2) is 16.8. The number of hydrogen-bond acceptors (Lipinski definition) is 1. The molecule has 0 saturated carbocycles. The summed E-state index contributed by atoms with van der Waals surface area (Å²) in [5.74, 6) is 0. The molecule has 0 fully saturated rings. The molecule has 0 saturated heterocycles. The summed E-state index contributed by atoms with van der Waals surface area (Å²) in [5, 5.41) is 2.47. The summed E-state index contributed by atoms with van der Waals surface area (Å²) in [6.07, 6.45) is 0. The number of para-hydroxylation sites is 1. The maximum Gasteiger partial charge on any atom is 0.0541 e. The van der Waals surface area contributed by atoms with E-state index in [4.69, 9.17) is 0 Å². The minimum atomic E-state index is -0.0588. The fourth-order valence-corrected chi connectivity index (χ4v) is 12.5. The molecule has 0 amide bonds. The van der Waals surface area contributed by atoms with E-state index in [1.165, 1.54) is 111 Å². The van der Waals surface area contributed by atoms with E-state index >= 15 is 0 Å². The van der Waals surface area contributed by atoms with Crippen LogP contribution in [0, 0.1) is 0 Å². The molecule has 0 unspecified atom stereocenters. The van der Waals surface area contributed by atoms with Gasteiger partial charge in [0, 0.05) is 44.4 Å². The Balaban J connectivity index is 0.841. The van der Waals surface area contributed by atoms with Gasteiger partial charge in [-0.25, -0.2) is 0 Å². The lowest BCUT2D eigenvalue weighted by atomic mass is 9.81. The first-order valence-electron chi connectivity index (χ1n) is 26.0. The fraction of sp³-hybridized carbons (Fsp3) is 0.0833. The first-order valence-corrected chi connectivity index (χ1v) is 26.0. The SMILES string of the molecule is CC1(C)c2ccccc2-c2ccc(-c3ccc(N(c4ccc(-c5ccc6c(c5)C(C)(C)c5ccccc5-6)cc4)c4ccc(-c5ccc6c(c5)c5cc(-c7ccccc7)ccc5n6-c5ccccc5)cc4)cc3)cc21. The van der Waals surface area contributed by atoms with Crippen molar-refractivity contribution in [2.24, 2.45) is 0 Å². The first-order chi connectivity index (χ1) is 36.2. The molecule has 14 rings (SSSR count). The molecule has 0 bridgehead atoms. The van der Waals surface area contributed by atoms with Crippen molar-refractivity contribution in [3.8, 4) is 72.4 Å². The maximum atomic E-state index is 2.41. The van der Waals surface area contributed by atoms with Gasteiger partial charge in [-0.1, -0.05) is 198 Å². The lowest BCUT2D eigenvalue weighted by Gasteiger charge is -2.26. The van der Waals surface area contributed by atoms with Gasteiger partial charge in [-0.05, 0) is 174 Å². The average Bonchev–Trinajstić information content (AvgIpc) is 4.04. The molecule has 0 radical (unpaired) electrons. The van der Waals surface area contributed by atoms with Crippen LogP contribution in [0.1, 0.15) is 49.9 Å². The summed E-state index contributed by atoms with van der Waals surface area (Å²) in [6, 6.07) is 94.5. The Morgan fingerprint density at radius 1 is 0.270 bits per heavy atom. The minimum absolute atomic E-state index is 0.0588. The molecule has 0 N–H and O–H groups in total. The van der Waals surface area contributed by atoms with Crippen molar-refractivity contribution in [1.29, 1.82) is 0 Å². The molecule has 2 aliphatic rings. The molecule has 12 aromatic rings. The lowest BCUT2D eigenvalue weighted by molar-refractivity contribution is 0.660. The monoisotopic (exact) mass is 946 g/mol. The van der Waals surface area contributed by atoms with Crippen LogP contribution in [0.4, 0.5) is 17.1 Å². The molecule has 0 atom stereocenters. The van der Waals surface area contributed by atoms with Gasteiger partial charge in [-0.3, -0.25) is 0 Å². The second-order valence-electron chi connectivity index (χ2n) is 21.3. The molecular weight excluding hydrogens is 893 g/mol. The van der Waals surface area contributed by atoms with Crippen molar-refractivity contribution in [1.82, 2.24) is 4.57 Å². The second-order valence-corrected chi connectivity index (χ2v) is 21.3.